The average Bonchev–Trinajstić information content (AvgIpc) is 2.67. The van der Waals surface area contributed by atoms with E-state index >= 15 is 0 Å². The molecule has 0 N–H and O–H groups in total. The lowest BCUT2D eigenvalue weighted by Gasteiger charge is -1.92. The van der Waals surface area contributed by atoms with E-state index in [4.69, 9.17) is 4.42 Å². The summed E-state index contributed by atoms with van der Waals surface area (Å²) in [6, 6.07) is 9.85. The maximum absolute atomic E-state index is 5.46. The predicted octanol–water partition coefficient (Wildman–Crippen LogP) is 3.24. The quantitative estimate of drug-likeness (QED) is 0.750. The van der Waals surface area contributed by atoms with Crippen molar-refractivity contribution >= 4 is 15.9 Å². The van der Waals surface area contributed by atoms with Gasteiger partial charge in [-0.2, -0.15) is 0 Å². The molecule has 0 unspecified atom stereocenters. The zero-order chi connectivity index (χ0) is 9.10. The lowest BCUT2D eigenvalue weighted by Crippen LogP contribution is -1.73. The summed E-state index contributed by atoms with van der Waals surface area (Å²) in [4.78, 5) is 4.16. The highest BCUT2D eigenvalue weighted by Crippen LogP contribution is 2.19. The molecular formula is C10H8BrNO. The molecule has 0 saturated carbocycles. The topological polar surface area (TPSA) is 26.0 Å². The van der Waals surface area contributed by atoms with Crippen LogP contribution in [-0.4, -0.2) is 4.98 Å². The molecule has 2 nitrogen and oxygen atoms in total. The number of nitrogens with zero attached hydrogens (tertiary/aromatic N) is 1. The number of hydrogen-bond donors (Lipinski definition) is 0. The van der Waals surface area contributed by atoms with Gasteiger partial charge in [-0.15, -0.1) is 0 Å². The van der Waals surface area contributed by atoms with Crippen LogP contribution in [0.3, 0.4) is 0 Å². The fourth-order valence-corrected chi connectivity index (χ4v) is 1.34. The maximum Gasteiger partial charge on any atom is 0.226 e. The Morgan fingerprint density at radius 2 is 2.00 bits per heavy atom. The van der Waals surface area contributed by atoms with Crippen LogP contribution < -0.4 is 0 Å². The van der Waals surface area contributed by atoms with Gasteiger partial charge in [0.2, 0.25) is 5.89 Å². The average molecular weight is 238 g/mol. The first-order chi connectivity index (χ1) is 6.40. The van der Waals surface area contributed by atoms with Crippen molar-refractivity contribution in [1.82, 2.24) is 4.98 Å². The third-order valence-electron chi connectivity index (χ3n) is 1.71. The van der Waals surface area contributed by atoms with Gasteiger partial charge in [0.05, 0.1) is 11.5 Å². The summed E-state index contributed by atoms with van der Waals surface area (Å²) in [5, 5.41) is 0.701. The Kier molecular flexibility index (Phi) is 2.45. The minimum absolute atomic E-state index is 0.676. The van der Waals surface area contributed by atoms with Crippen molar-refractivity contribution in [3.63, 3.8) is 0 Å². The fraction of sp³-hybridized carbons (Fsp3) is 0.100. The summed E-state index contributed by atoms with van der Waals surface area (Å²) in [7, 11) is 0. The van der Waals surface area contributed by atoms with Gasteiger partial charge >= 0.3 is 0 Å². The Labute approximate surface area is 84.7 Å². The van der Waals surface area contributed by atoms with Gasteiger partial charge in [-0.05, 0) is 12.1 Å². The van der Waals surface area contributed by atoms with E-state index in [2.05, 4.69) is 20.9 Å². The zero-order valence-corrected chi connectivity index (χ0v) is 8.49. The number of rotatable bonds is 2. The number of alkyl halides is 1. The number of hydrogen-bond acceptors (Lipinski definition) is 2. The minimum atomic E-state index is 0.676. The molecule has 1 heterocycles. The van der Waals surface area contributed by atoms with Crippen molar-refractivity contribution in [2.45, 2.75) is 5.33 Å². The highest BCUT2D eigenvalue weighted by molar-refractivity contribution is 9.08. The van der Waals surface area contributed by atoms with Crippen molar-refractivity contribution in [1.29, 1.82) is 0 Å². The van der Waals surface area contributed by atoms with Crippen molar-refractivity contribution in [2.75, 3.05) is 0 Å². The van der Waals surface area contributed by atoms with Crippen LogP contribution in [0.4, 0.5) is 0 Å². The van der Waals surface area contributed by atoms with Crippen LogP contribution in [0.15, 0.2) is 40.9 Å². The molecule has 13 heavy (non-hydrogen) atoms. The Morgan fingerprint density at radius 3 is 2.62 bits per heavy atom. The Hall–Kier alpha value is -1.09. The predicted molar refractivity (Wildman–Crippen MR) is 54.6 cm³/mol. The van der Waals surface area contributed by atoms with Crippen LogP contribution in [0.1, 0.15) is 5.76 Å². The number of oxazole rings is 1. The van der Waals surface area contributed by atoms with E-state index in [0.29, 0.717) is 11.2 Å². The SMILES string of the molecule is BrCc1cnc(-c2ccccc2)o1. The second-order valence-electron chi connectivity index (χ2n) is 2.63. The molecule has 2 aromatic rings. The van der Waals surface area contributed by atoms with Crippen LogP contribution >= 0.6 is 15.9 Å². The van der Waals surface area contributed by atoms with Gasteiger partial charge in [0.25, 0.3) is 0 Å². The van der Waals surface area contributed by atoms with Crippen LogP contribution in [0, 0.1) is 0 Å². The maximum atomic E-state index is 5.46. The third-order valence-corrected chi connectivity index (χ3v) is 2.26. The molecule has 0 aliphatic rings. The zero-order valence-electron chi connectivity index (χ0n) is 6.90. The van der Waals surface area contributed by atoms with Crippen LogP contribution in [0.2, 0.25) is 0 Å². The largest absolute Gasteiger partial charge is 0.440 e. The third kappa shape index (κ3) is 1.80. The normalized spacial score (nSPS) is 10.2. The molecule has 0 atom stereocenters. The molecule has 0 fully saturated rings. The molecule has 1 aromatic heterocycles. The van der Waals surface area contributed by atoms with Crippen molar-refractivity contribution in [3.05, 3.63) is 42.3 Å². The second kappa shape index (κ2) is 3.75. The first-order valence-electron chi connectivity index (χ1n) is 3.96. The first kappa shape index (κ1) is 8.51. The lowest BCUT2D eigenvalue weighted by atomic mass is 10.2. The summed E-state index contributed by atoms with van der Waals surface area (Å²) < 4.78 is 5.46. The molecule has 0 aliphatic carbocycles. The molecule has 0 radical (unpaired) electrons. The highest BCUT2D eigenvalue weighted by atomic mass is 79.9. The molecule has 0 spiro atoms. The second-order valence-corrected chi connectivity index (χ2v) is 3.19. The van der Waals surface area contributed by atoms with Gasteiger partial charge in [0.15, 0.2) is 0 Å². The van der Waals surface area contributed by atoms with E-state index in [0.717, 1.165) is 11.3 Å². The molecule has 3 heteroatoms. The van der Waals surface area contributed by atoms with E-state index in [1.807, 2.05) is 30.3 Å². The molecule has 0 bridgehead atoms. The lowest BCUT2D eigenvalue weighted by molar-refractivity contribution is 0.540. The summed E-state index contributed by atoms with van der Waals surface area (Å²) in [5.41, 5.74) is 1.01. The smallest absolute Gasteiger partial charge is 0.226 e. The first-order valence-corrected chi connectivity index (χ1v) is 5.08. The van der Waals surface area contributed by atoms with E-state index in [1.165, 1.54) is 0 Å². The summed E-state index contributed by atoms with van der Waals surface area (Å²) in [5.74, 6) is 1.52. The van der Waals surface area contributed by atoms with Gasteiger partial charge in [0, 0.05) is 5.56 Å². The molecule has 66 valence electrons. The van der Waals surface area contributed by atoms with Gasteiger partial charge in [-0.25, -0.2) is 4.98 Å². The minimum Gasteiger partial charge on any atom is -0.440 e. The molecule has 1 aromatic carbocycles. The van der Waals surface area contributed by atoms with E-state index < -0.39 is 0 Å². The summed E-state index contributed by atoms with van der Waals surface area (Å²) >= 11 is 3.31. The van der Waals surface area contributed by atoms with E-state index in [1.54, 1.807) is 6.20 Å². The fourth-order valence-electron chi connectivity index (χ4n) is 1.08. The van der Waals surface area contributed by atoms with E-state index in [9.17, 15) is 0 Å². The van der Waals surface area contributed by atoms with Gasteiger partial charge in [-0.3, -0.25) is 0 Å². The Bertz CT molecular complexity index is 383. The van der Waals surface area contributed by atoms with Crippen LogP contribution in [-0.2, 0) is 5.33 Å². The molecule has 0 aliphatic heterocycles. The number of benzene rings is 1. The monoisotopic (exact) mass is 237 g/mol. The molecular weight excluding hydrogens is 230 g/mol. The van der Waals surface area contributed by atoms with Crippen molar-refractivity contribution in [2.24, 2.45) is 0 Å². The standard InChI is InChI=1S/C10H8BrNO/c11-6-9-7-12-10(13-9)8-4-2-1-3-5-8/h1-5,7H,6H2. The van der Waals surface area contributed by atoms with E-state index in [-0.39, 0.29) is 0 Å². The molecule has 2 rings (SSSR count). The van der Waals surface area contributed by atoms with Crippen molar-refractivity contribution in [3.8, 4) is 11.5 Å². The van der Waals surface area contributed by atoms with Gasteiger partial charge in [-0.1, -0.05) is 34.1 Å². The number of aromatic nitrogens is 1. The summed E-state index contributed by atoms with van der Waals surface area (Å²) in [6.07, 6.45) is 1.73. The number of halogens is 1. The van der Waals surface area contributed by atoms with Gasteiger partial charge in [0.1, 0.15) is 5.76 Å². The highest BCUT2D eigenvalue weighted by Gasteiger charge is 2.03. The van der Waals surface area contributed by atoms with Crippen LogP contribution in [0.5, 0.6) is 0 Å². The Morgan fingerprint density at radius 1 is 1.23 bits per heavy atom. The molecule has 0 amide bonds. The molecule has 0 saturated heterocycles. The van der Waals surface area contributed by atoms with Gasteiger partial charge < -0.3 is 4.42 Å². The summed E-state index contributed by atoms with van der Waals surface area (Å²) in [6.45, 7) is 0. The Balaban J connectivity index is 2.36. The van der Waals surface area contributed by atoms with Crippen molar-refractivity contribution < 1.29 is 4.42 Å². The van der Waals surface area contributed by atoms with Crippen LogP contribution in [0.25, 0.3) is 11.5 Å².